The molecule has 1 saturated heterocycles. The molecule has 1 aromatic carbocycles. The van der Waals surface area contributed by atoms with Crippen LogP contribution in [0.25, 0.3) is 11.0 Å². The number of likely N-dealkylation sites (N-methyl/N-ethyl adjacent to an activating group) is 1. The van der Waals surface area contributed by atoms with Crippen LogP contribution in [-0.2, 0) is 12.5 Å². The quantitative estimate of drug-likeness (QED) is 0.438. The number of anilines is 1. The van der Waals surface area contributed by atoms with Gasteiger partial charge < -0.3 is 20.2 Å². The Bertz CT molecular complexity index is 895. The molecular formula is C21H33N5OS2. The topological polar surface area (TPSA) is 56.2 Å². The van der Waals surface area contributed by atoms with Crippen molar-refractivity contribution in [2.24, 2.45) is 7.05 Å². The smallest absolute Gasteiger partial charge is 0.274 e. The second-order valence-electron chi connectivity index (χ2n) is 9.13. The van der Waals surface area contributed by atoms with Crippen LogP contribution in [0.1, 0.15) is 39.9 Å². The van der Waals surface area contributed by atoms with Gasteiger partial charge in [-0.15, -0.1) is 11.8 Å². The second-order valence-corrected chi connectivity index (χ2v) is 10.7. The summed E-state index contributed by atoms with van der Waals surface area (Å²) < 4.78 is 2.78. The third-order valence-electron chi connectivity index (χ3n) is 5.53. The van der Waals surface area contributed by atoms with Gasteiger partial charge in [-0.2, -0.15) is 0 Å². The fourth-order valence-corrected chi connectivity index (χ4v) is 4.84. The number of quaternary nitrogens is 1. The van der Waals surface area contributed by atoms with Crippen molar-refractivity contribution in [3.63, 3.8) is 0 Å². The number of aromatic nitrogens is 2. The van der Waals surface area contributed by atoms with Crippen molar-refractivity contribution in [1.29, 1.82) is 0 Å². The third-order valence-corrected chi connectivity index (χ3v) is 7.34. The number of thiocarbonyl (C=S) groups is 1. The van der Waals surface area contributed by atoms with Crippen LogP contribution in [-0.4, -0.2) is 63.2 Å². The van der Waals surface area contributed by atoms with Crippen LogP contribution in [0.5, 0.6) is 0 Å². The molecule has 2 heterocycles. The molecule has 0 bridgehead atoms. The molecule has 0 aliphatic carbocycles. The van der Waals surface area contributed by atoms with Gasteiger partial charge in [0.05, 0.1) is 36.9 Å². The lowest BCUT2D eigenvalue weighted by atomic mass is 9.96. The highest BCUT2D eigenvalue weighted by molar-refractivity contribution is 7.99. The van der Waals surface area contributed by atoms with E-state index in [1.807, 2.05) is 11.8 Å². The maximum absolute atomic E-state index is 11.6. The van der Waals surface area contributed by atoms with Gasteiger partial charge in [-0.3, -0.25) is 4.48 Å². The maximum atomic E-state index is 11.6. The van der Waals surface area contributed by atoms with Crippen LogP contribution in [0, 0.1) is 5.21 Å². The summed E-state index contributed by atoms with van der Waals surface area (Å²) in [5, 5.41) is 17.0. The molecule has 3 rings (SSSR count). The van der Waals surface area contributed by atoms with Gasteiger partial charge >= 0.3 is 0 Å². The molecular weight excluding hydrogens is 402 g/mol. The molecule has 0 atom stereocenters. The van der Waals surface area contributed by atoms with Crippen LogP contribution in [0.2, 0.25) is 0 Å². The lowest BCUT2D eigenvalue weighted by Crippen LogP contribution is -2.60. The zero-order valence-corrected chi connectivity index (χ0v) is 20.0. The fraction of sp³-hybridized carbons (Fsp3) is 0.619. The number of rotatable bonds is 4. The zero-order valence-electron chi connectivity index (χ0n) is 18.4. The Hall–Kier alpha value is -1.19. The Kier molecular flexibility index (Phi) is 6.60. The minimum absolute atomic E-state index is 0.0238. The summed E-state index contributed by atoms with van der Waals surface area (Å²) >= 11 is 7.64. The van der Waals surface area contributed by atoms with Crippen molar-refractivity contribution in [2.75, 3.05) is 44.3 Å². The Morgan fingerprint density at radius 1 is 1.31 bits per heavy atom. The number of thioether (sulfide) groups is 1. The van der Waals surface area contributed by atoms with Crippen molar-refractivity contribution >= 4 is 45.8 Å². The molecule has 1 fully saturated rings. The molecule has 0 saturated carbocycles. The SMILES string of the molecule is CCCSc1cc2nc(C(C)(C)C)n(C)c2cc1NC(=S)[N+]1(C)CCN([O-])CC1. The Labute approximate surface area is 183 Å². The first kappa shape index (κ1) is 22.5. The van der Waals surface area contributed by atoms with Gasteiger partial charge in [0, 0.05) is 42.7 Å². The number of aryl methyl sites for hydroxylation is 1. The van der Waals surface area contributed by atoms with Crippen LogP contribution < -0.4 is 5.32 Å². The number of fused-ring (bicyclic) bond motifs is 1. The zero-order chi connectivity index (χ0) is 21.4. The Morgan fingerprint density at radius 2 is 1.97 bits per heavy atom. The van der Waals surface area contributed by atoms with Crippen molar-refractivity contribution in [2.45, 2.75) is 44.4 Å². The average molecular weight is 436 g/mol. The predicted octanol–water partition coefficient (Wildman–Crippen LogP) is 4.33. The molecule has 1 N–H and O–H groups in total. The largest absolute Gasteiger partial charge is 0.785 e. The Balaban J connectivity index is 1.98. The monoisotopic (exact) mass is 435 g/mol. The minimum Gasteiger partial charge on any atom is -0.785 e. The molecule has 0 radical (unpaired) electrons. The Morgan fingerprint density at radius 3 is 2.55 bits per heavy atom. The molecule has 8 heteroatoms. The van der Waals surface area contributed by atoms with Crippen molar-refractivity contribution in [3.05, 3.63) is 23.2 Å². The summed E-state index contributed by atoms with van der Waals surface area (Å²) in [6.07, 6.45) is 1.11. The lowest BCUT2D eigenvalue weighted by molar-refractivity contribution is -0.823. The number of nitrogens with one attached hydrogen (secondary N) is 1. The van der Waals surface area contributed by atoms with Crippen LogP contribution in [0.4, 0.5) is 5.69 Å². The van der Waals surface area contributed by atoms with Crippen LogP contribution >= 0.6 is 24.0 Å². The van der Waals surface area contributed by atoms with Gasteiger partial charge in [0.1, 0.15) is 5.82 Å². The molecule has 0 amide bonds. The fourth-order valence-electron chi connectivity index (χ4n) is 3.66. The van der Waals surface area contributed by atoms with Crippen molar-refractivity contribution in [1.82, 2.24) is 14.6 Å². The van der Waals surface area contributed by atoms with Crippen LogP contribution in [0.15, 0.2) is 17.0 Å². The normalized spacial score (nSPS) is 17.6. The van der Waals surface area contributed by atoms with Gasteiger partial charge in [0.25, 0.3) is 5.11 Å². The van der Waals surface area contributed by atoms with E-state index in [4.69, 9.17) is 17.2 Å². The summed E-state index contributed by atoms with van der Waals surface area (Å²) in [7, 11) is 4.19. The lowest BCUT2D eigenvalue weighted by Gasteiger charge is -2.43. The van der Waals surface area contributed by atoms with Gasteiger partial charge in [0.15, 0.2) is 0 Å². The molecule has 0 unspecified atom stereocenters. The number of imidazole rings is 1. The molecule has 29 heavy (non-hydrogen) atoms. The number of hydroxylamine groups is 2. The van der Waals surface area contributed by atoms with E-state index in [0.29, 0.717) is 17.6 Å². The van der Waals surface area contributed by atoms with E-state index in [0.717, 1.165) is 58.0 Å². The standard InChI is InChI=1S/C21H33N5OS2/c1-7-12-29-18-14-15-17(24(5)19(22-15)21(2,3)4)13-16(18)23-20(28)26(6)10-8-25(27)9-11-26/h13-14H,7-12H2,1-6H3,(H,23,28). The van der Waals surface area contributed by atoms with Gasteiger partial charge in [-0.05, 0) is 24.3 Å². The molecule has 160 valence electrons. The molecule has 0 spiro atoms. The molecule has 6 nitrogen and oxygen atoms in total. The molecule has 2 aromatic rings. The van der Waals surface area contributed by atoms with Crippen molar-refractivity contribution in [3.8, 4) is 0 Å². The van der Waals surface area contributed by atoms with Gasteiger partial charge in [-0.1, -0.05) is 27.7 Å². The van der Waals surface area contributed by atoms with Gasteiger partial charge in [-0.25, -0.2) is 4.98 Å². The first-order chi connectivity index (χ1) is 13.5. The highest BCUT2D eigenvalue weighted by Crippen LogP contribution is 2.35. The molecule has 1 aliphatic heterocycles. The predicted molar refractivity (Wildman–Crippen MR) is 128 cm³/mol. The van der Waals surface area contributed by atoms with E-state index < -0.39 is 0 Å². The summed E-state index contributed by atoms with van der Waals surface area (Å²) in [5.41, 5.74) is 3.14. The first-order valence-electron chi connectivity index (χ1n) is 10.3. The number of hydrogen-bond acceptors (Lipinski definition) is 5. The average Bonchev–Trinajstić information content (AvgIpc) is 2.98. The summed E-state index contributed by atoms with van der Waals surface area (Å²) in [4.78, 5) is 6.10. The first-order valence-corrected chi connectivity index (χ1v) is 11.7. The van der Waals surface area contributed by atoms with E-state index in [-0.39, 0.29) is 5.41 Å². The number of benzene rings is 1. The van der Waals surface area contributed by atoms with E-state index in [1.54, 1.807) is 0 Å². The number of piperazine rings is 1. The maximum Gasteiger partial charge on any atom is 0.274 e. The third kappa shape index (κ3) is 4.77. The van der Waals surface area contributed by atoms with Gasteiger partial charge in [0.2, 0.25) is 0 Å². The van der Waals surface area contributed by atoms with E-state index in [9.17, 15) is 5.21 Å². The summed E-state index contributed by atoms with van der Waals surface area (Å²) in [6, 6.07) is 4.36. The highest BCUT2D eigenvalue weighted by Gasteiger charge is 2.32. The number of nitrogens with zero attached hydrogens (tertiary/aromatic N) is 4. The molecule has 1 aliphatic rings. The minimum atomic E-state index is -0.0238. The molecule has 1 aromatic heterocycles. The summed E-state index contributed by atoms with van der Waals surface area (Å²) in [5.74, 6) is 2.12. The number of hydrogen-bond donors (Lipinski definition) is 1. The van der Waals surface area contributed by atoms with Crippen LogP contribution in [0.3, 0.4) is 0 Å². The van der Waals surface area contributed by atoms with E-state index in [1.165, 1.54) is 4.90 Å². The van der Waals surface area contributed by atoms with Crippen molar-refractivity contribution < 1.29 is 4.48 Å². The van der Waals surface area contributed by atoms with E-state index in [2.05, 4.69) is 63.8 Å². The highest BCUT2D eigenvalue weighted by atomic mass is 32.2. The summed E-state index contributed by atoms with van der Waals surface area (Å²) in [6.45, 7) is 11.3. The second kappa shape index (κ2) is 8.51. The van der Waals surface area contributed by atoms with E-state index >= 15 is 0 Å².